The van der Waals surface area contributed by atoms with E-state index < -0.39 is 34.8 Å². The van der Waals surface area contributed by atoms with Gasteiger partial charge in [-0.2, -0.15) is 32.3 Å². The minimum Gasteiger partial charge on any atom is -0.404 e. The highest BCUT2D eigenvalue weighted by Gasteiger charge is 2.57. The highest BCUT2D eigenvalue weighted by Crippen LogP contribution is 2.61. The quantitative estimate of drug-likeness (QED) is 0.140. The van der Waals surface area contributed by atoms with Gasteiger partial charge in [-0.3, -0.25) is 4.90 Å². The van der Waals surface area contributed by atoms with Gasteiger partial charge in [0.25, 0.3) is 0 Å². The van der Waals surface area contributed by atoms with E-state index in [1.165, 1.54) is 37.8 Å². The van der Waals surface area contributed by atoms with E-state index in [4.69, 9.17) is 22.6 Å². The Morgan fingerprint density at radius 3 is 1.96 bits per heavy atom. The number of aryl methyl sites for hydroxylation is 1. The number of aliphatic imine (C=N–C) groups is 1. The molecule has 0 radical (unpaired) electrons. The summed E-state index contributed by atoms with van der Waals surface area (Å²) in [6, 6.07) is 7.11. The number of nitriles is 1. The number of hydrogen-bond donors (Lipinski definition) is 1. The average Bonchev–Trinajstić information content (AvgIpc) is 3.99. The van der Waals surface area contributed by atoms with Crippen molar-refractivity contribution in [2.75, 3.05) is 13.6 Å². The Hall–Kier alpha value is -3.82. The third-order valence-electron chi connectivity index (χ3n) is 9.65. The van der Waals surface area contributed by atoms with Gasteiger partial charge in [0.1, 0.15) is 16.8 Å². The first-order valence-electron chi connectivity index (χ1n) is 17.7. The first-order valence-corrected chi connectivity index (χ1v) is 18.1. The standard InChI is InChI=1S/C20H19ClF6N4.C15H26N2.2C3H6/c1-5-11-8-12(6-7-14(11)21)13(9-28)10-29-17-15(20(25,26)27)16(30-31(17)4)19(23,24)18(2,3)22;1-13(2,3)14(7-8-14)6-5-11-17(4)15(12-16)9-10-15;2*1-3-2/h5-10H,1,28H2,2-4H3;5-11H2,1-4H3;2*3H,1H2,2H3/b13-9+,29-10+;;;. The van der Waals surface area contributed by atoms with Crippen LogP contribution in [-0.4, -0.2) is 45.7 Å². The molecular formula is C41H57ClF6N6. The van der Waals surface area contributed by atoms with Gasteiger partial charge in [0, 0.05) is 30.1 Å². The topological polar surface area (TPSA) is 83.2 Å². The third kappa shape index (κ3) is 12.1. The fourth-order valence-corrected chi connectivity index (χ4v) is 5.94. The Morgan fingerprint density at radius 2 is 1.57 bits per heavy atom. The summed E-state index contributed by atoms with van der Waals surface area (Å²) in [4.78, 5) is 5.99. The lowest BCUT2D eigenvalue weighted by atomic mass is 9.75. The van der Waals surface area contributed by atoms with Gasteiger partial charge in [-0.05, 0) is 114 Å². The predicted octanol–water partition coefficient (Wildman–Crippen LogP) is 12.2. The maximum atomic E-state index is 14.4. The molecule has 0 amide bonds. The molecule has 2 aromatic rings. The SMILES string of the molecule is C=CC.C=CC.C=Cc1cc(C(=C/N)/C=N/c2c(C(F)(F)F)c(C(F)(F)C(C)(C)F)nn2C)ccc1Cl.CN(CCCC1(C(C)(C)C)CC1)C1(C#N)CC1. The van der Waals surface area contributed by atoms with Crippen LogP contribution in [0.5, 0.6) is 0 Å². The highest BCUT2D eigenvalue weighted by molar-refractivity contribution is 6.32. The molecule has 4 rings (SSSR count). The predicted molar refractivity (Wildman–Crippen MR) is 211 cm³/mol. The van der Waals surface area contributed by atoms with Crippen molar-refractivity contribution in [1.29, 1.82) is 5.26 Å². The maximum absolute atomic E-state index is 14.4. The number of nitrogens with zero attached hydrogens (tertiary/aromatic N) is 5. The second kappa shape index (κ2) is 19.2. The number of benzene rings is 1. The molecule has 1 aromatic carbocycles. The van der Waals surface area contributed by atoms with Crippen LogP contribution in [0.1, 0.15) is 109 Å². The van der Waals surface area contributed by atoms with Gasteiger partial charge in [-0.1, -0.05) is 63.2 Å². The van der Waals surface area contributed by atoms with Gasteiger partial charge < -0.3 is 5.73 Å². The van der Waals surface area contributed by atoms with Gasteiger partial charge in [0.2, 0.25) is 0 Å². The average molecular weight is 783 g/mol. The van der Waals surface area contributed by atoms with Crippen molar-refractivity contribution < 1.29 is 26.3 Å². The number of rotatable bonds is 11. The summed E-state index contributed by atoms with van der Waals surface area (Å²) >= 11 is 6.00. The Morgan fingerprint density at radius 1 is 1.04 bits per heavy atom. The van der Waals surface area contributed by atoms with E-state index in [0.717, 1.165) is 38.8 Å². The van der Waals surface area contributed by atoms with Crippen LogP contribution in [0, 0.1) is 22.2 Å². The summed E-state index contributed by atoms with van der Waals surface area (Å²) in [5, 5.41) is 12.8. The number of hydrogen-bond acceptors (Lipinski definition) is 5. The second-order valence-electron chi connectivity index (χ2n) is 15.1. The molecule has 2 aliphatic rings. The Kier molecular flexibility index (Phi) is 17.1. The number of allylic oxidation sites excluding steroid dienone is 3. The number of alkyl halides is 6. The molecule has 13 heteroatoms. The molecular weight excluding hydrogens is 726 g/mol. The molecule has 54 heavy (non-hydrogen) atoms. The van der Waals surface area contributed by atoms with Crippen LogP contribution < -0.4 is 5.73 Å². The lowest BCUT2D eigenvalue weighted by Crippen LogP contribution is -2.38. The summed E-state index contributed by atoms with van der Waals surface area (Å²) in [7, 11) is 3.11. The zero-order chi connectivity index (χ0) is 41.9. The molecule has 1 aromatic heterocycles. The van der Waals surface area contributed by atoms with E-state index in [9.17, 15) is 26.3 Å². The van der Waals surface area contributed by atoms with Crippen molar-refractivity contribution in [3.8, 4) is 6.07 Å². The summed E-state index contributed by atoms with van der Waals surface area (Å²) in [5.74, 6) is -5.45. The first kappa shape index (κ1) is 48.2. The van der Waals surface area contributed by atoms with Crippen LogP contribution in [-0.2, 0) is 19.1 Å². The maximum Gasteiger partial charge on any atom is 0.422 e. The van der Waals surface area contributed by atoms with Crippen molar-refractivity contribution in [1.82, 2.24) is 14.7 Å². The molecule has 2 fully saturated rings. The zero-order valence-electron chi connectivity index (χ0n) is 33.1. The summed E-state index contributed by atoms with van der Waals surface area (Å²) in [6.45, 7) is 23.3. The van der Waals surface area contributed by atoms with E-state index in [1.54, 1.807) is 24.3 Å². The Bertz CT molecular complexity index is 1670. The van der Waals surface area contributed by atoms with Gasteiger partial charge in [0.15, 0.2) is 11.5 Å². The van der Waals surface area contributed by atoms with Crippen LogP contribution in [0.2, 0.25) is 5.02 Å². The molecule has 2 N–H and O–H groups in total. The lowest BCUT2D eigenvalue weighted by Gasteiger charge is -2.32. The largest absolute Gasteiger partial charge is 0.422 e. The minimum atomic E-state index is -5.27. The van der Waals surface area contributed by atoms with E-state index in [-0.39, 0.29) is 11.1 Å². The van der Waals surface area contributed by atoms with Gasteiger partial charge in [-0.25, -0.2) is 14.1 Å². The first-order chi connectivity index (χ1) is 24.8. The molecule has 0 bridgehead atoms. The normalized spacial score (nSPS) is 16.1. The van der Waals surface area contributed by atoms with Crippen molar-refractivity contribution in [3.05, 3.63) is 83.7 Å². The van der Waals surface area contributed by atoms with E-state index >= 15 is 0 Å². The van der Waals surface area contributed by atoms with Crippen molar-refractivity contribution in [3.63, 3.8) is 0 Å². The van der Waals surface area contributed by atoms with Crippen LogP contribution in [0.3, 0.4) is 0 Å². The van der Waals surface area contributed by atoms with Crippen LogP contribution in [0.15, 0.2) is 61.3 Å². The van der Waals surface area contributed by atoms with Crippen molar-refractivity contribution in [2.24, 2.45) is 28.6 Å². The van der Waals surface area contributed by atoms with Crippen LogP contribution in [0.25, 0.3) is 11.6 Å². The van der Waals surface area contributed by atoms with Gasteiger partial charge >= 0.3 is 12.1 Å². The van der Waals surface area contributed by atoms with E-state index in [2.05, 4.69) is 68.6 Å². The Balaban J connectivity index is 0.000000528. The van der Waals surface area contributed by atoms with Crippen LogP contribution in [0.4, 0.5) is 32.2 Å². The highest BCUT2D eigenvalue weighted by atomic mass is 35.5. The van der Waals surface area contributed by atoms with E-state index in [1.807, 2.05) is 13.8 Å². The fraction of sp³-hybridized carbons (Fsp3) is 0.537. The van der Waals surface area contributed by atoms with Gasteiger partial charge in [0.05, 0.1) is 6.07 Å². The molecule has 0 atom stereocenters. The molecule has 2 aliphatic carbocycles. The zero-order valence-corrected chi connectivity index (χ0v) is 33.9. The van der Waals surface area contributed by atoms with Crippen LogP contribution >= 0.6 is 11.6 Å². The lowest BCUT2D eigenvalue weighted by molar-refractivity contribution is -0.155. The van der Waals surface area contributed by atoms with Crippen molar-refractivity contribution >= 4 is 35.3 Å². The molecule has 300 valence electrons. The minimum absolute atomic E-state index is 0.0849. The summed E-state index contributed by atoms with van der Waals surface area (Å²) in [6.07, 6.45) is 9.27. The molecule has 0 unspecified atom stereocenters. The third-order valence-corrected chi connectivity index (χ3v) is 10.00. The molecule has 0 spiro atoms. The van der Waals surface area contributed by atoms with Gasteiger partial charge in [-0.15, -0.1) is 13.2 Å². The number of nitrogens with two attached hydrogens (primary N) is 1. The smallest absolute Gasteiger partial charge is 0.404 e. The van der Waals surface area contributed by atoms with Crippen molar-refractivity contribution in [2.45, 2.75) is 110 Å². The number of aromatic nitrogens is 2. The second-order valence-corrected chi connectivity index (χ2v) is 15.5. The fourth-order valence-electron chi connectivity index (χ4n) is 5.74. The van der Waals surface area contributed by atoms with E-state index in [0.29, 0.717) is 45.5 Å². The number of halogens is 7. The molecule has 2 saturated carbocycles. The molecule has 0 saturated heterocycles. The monoisotopic (exact) mass is 782 g/mol. The Labute approximate surface area is 323 Å². The molecule has 6 nitrogen and oxygen atoms in total. The molecule has 0 aliphatic heterocycles. The summed E-state index contributed by atoms with van der Waals surface area (Å²) < 4.78 is 84.4. The summed E-state index contributed by atoms with van der Waals surface area (Å²) in [5.41, 5.74) is 0.821. The molecule has 1 heterocycles.